The first-order valence-corrected chi connectivity index (χ1v) is 5.47. The Bertz CT molecular complexity index is 381. The molecule has 0 spiro atoms. The maximum Gasteiger partial charge on any atom is 0.337 e. The van der Waals surface area contributed by atoms with Crippen LogP contribution in [0.5, 0.6) is 0 Å². The van der Waals surface area contributed by atoms with Crippen LogP contribution < -0.4 is 0 Å². The lowest BCUT2D eigenvalue weighted by Crippen LogP contribution is -2.21. The zero-order valence-electron chi connectivity index (χ0n) is 11.0. The summed E-state index contributed by atoms with van der Waals surface area (Å²) in [4.78, 5) is 32.8. The molecule has 0 saturated carbocycles. The second kappa shape index (κ2) is 12.0. The number of allylic oxidation sites excluding steroid dienone is 1. The quantitative estimate of drug-likeness (QED) is 0.324. The predicted molar refractivity (Wildman–Crippen MR) is 67.5 cm³/mol. The van der Waals surface area contributed by atoms with Crippen LogP contribution >= 0.6 is 0 Å². The Kier molecular flexibility index (Phi) is 12.0. The van der Waals surface area contributed by atoms with Gasteiger partial charge in [-0.1, -0.05) is 20.1 Å². The highest BCUT2D eigenvalue weighted by molar-refractivity contribution is 5.93. The summed E-state index contributed by atoms with van der Waals surface area (Å²) in [7, 11) is 0. The topological polar surface area (TPSA) is 93.5 Å². The van der Waals surface area contributed by atoms with Gasteiger partial charge in [0.2, 0.25) is 0 Å². The minimum atomic E-state index is -0.823. The molecule has 0 heterocycles. The molecule has 6 nitrogen and oxygen atoms in total. The van der Waals surface area contributed by atoms with Crippen LogP contribution in [-0.2, 0) is 23.9 Å². The molecule has 0 aromatic carbocycles. The molecule has 0 fully saturated rings. The van der Waals surface area contributed by atoms with E-state index in [1.165, 1.54) is 13.0 Å². The number of ether oxygens (including phenoxy) is 2. The molecule has 0 N–H and O–H groups in total. The van der Waals surface area contributed by atoms with E-state index in [0.717, 1.165) is 6.08 Å². The van der Waals surface area contributed by atoms with Crippen LogP contribution in [0.1, 0.15) is 20.3 Å². The van der Waals surface area contributed by atoms with Crippen LogP contribution in [0.3, 0.4) is 0 Å². The van der Waals surface area contributed by atoms with Crippen molar-refractivity contribution >= 4 is 17.9 Å². The van der Waals surface area contributed by atoms with Gasteiger partial charge in [-0.25, -0.2) is 4.79 Å². The van der Waals surface area contributed by atoms with E-state index in [2.05, 4.69) is 22.6 Å². The monoisotopic (exact) mass is 267 g/mol. The molecule has 104 valence electrons. The van der Waals surface area contributed by atoms with Crippen LogP contribution in [0.4, 0.5) is 0 Å². The Morgan fingerprint density at radius 2 is 1.89 bits per heavy atom. The Hall–Kier alpha value is -2.42. The molecule has 0 aromatic heterocycles. The molecule has 0 amide bonds. The van der Waals surface area contributed by atoms with Crippen molar-refractivity contribution in [3.8, 4) is 6.07 Å². The molecule has 0 aliphatic heterocycles. The Balaban J connectivity index is 0. The number of esters is 3. The minimum Gasteiger partial charge on any atom is -0.466 e. The van der Waals surface area contributed by atoms with E-state index in [0.29, 0.717) is 0 Å². The predicted octanol–water partition coefficient (Wildman–Crippen LogP) is 1.53. The minimum absolute atomic E-state index is 0.100. The van der Waals surface area contributed by atoms with Crippen molar-refractivity contribution < 1.29 is 23.9 Å². The number of hydrogen-bond acceptors (Lipinski definition) is 6. The molecule has 19 heavy (non-hydrogen) atoms. The average molecular weight is 267 g/mol. The highest BCUT2D eigenvalue weighted by Gasteiger charge is 2.20. The van der Waals surface area contributed by atoms with Gasteiger partial charge in [-0.2, -0.15) is 5.26 Å². The summed E-state index contributed by atoms with van der Waals surface area (Å²) in [6, 6.07) is 1.69. The first kappa shape index (κ1) is 18.9. The fraction of sp³-hybridized carbons (Fsp3) is 0.385. The van der Waals surface area contributed by atoms with Gasteiger partial charge in [0.1, 0.15) is 0 Å². The van der Waals surface area contributed by atoms with Gasteiger partial charge < -0.3 is 9.47 Å². The normalized spacial score (nSPS) is 9.74. The van der Waals surface area contributed by atoms with Crippen molar-refractivity contribution in [1.29, 1.82) is 5.26 Å². The Morgan fingerprint density at radius 1 is 1.37 bits per heavy atom. The van der Waals surface area contributed by atoms with Crippen molar-refractivity contribution in [3.05, 3.63) is 25.3 Å². The number of rotatable bonds is 5. The van der Waals surface area contributed by atoms with Crippen LogP contribution in [0.25, 0.3) is 0 Å². The van der Waals surface area contributed by atoms with Crippen molar-refractivity contribution in [2.75, 3.05) is 6.61 Å². The molecule has 6 heteroatoms. The van der Waals surface area contributed by atoms with Crippen LogP contribution in [0.15, 0.2) is 25.3 Å². The Morgan fingerprint density at radius 3 is 2.26 bits per heavy atom. The Labute approximate surface area is 112 Å². The number of nitrogens with zero attached hydrogens (tertiary/aromatic N) is 1. The summed E-state index contributed by atoms with van der Waals surface area (Å²) >= 11 is 0. The van der Waals surface area contributed by atoms with Crippen molar-refractivity contribution in [2.45, 2.75) is 20.3 Å². The third kappa shape index (κ3) is 11.8. The first-order chi connectivity index (χ1) is 8.92. The van der Waals surface area contributed by atoms with Crippen LogP contribution in [0, 0.1) is 17.2 Å². The maximum absolute atomic E-state index is 11.2. The van der Waals surface area contributed by atoms with Crippen molar-refractivity contribution in [1.82, 2.24) is 0 Å². The summed E-state index contributed by atoms with van der Waals surface area (Å²) < 4.78 is 8.98. The highest BCUT2D eigenvalue weighted by Crippen LogP contribution is 2.06. The molecular weight excluding hydrogens is 250 g/mol. The lowest BCUT2D eigenvalue weighted by molar-refractivity contribution is -0.162. The summed E-state index contributed by atoms with van der Waals surface area (Å²) in [6.45, 7) is 9.67. The summed E-state index contributed by atoms with van der Waals surface area (Å²) in [5, 5.41) is 7.51. The van der Waals surface area contributed by atoms with Crippen LogP contribution in [-0.4, -0.2) is 24.5 Å². The summed E-state index contributed by atoms with van der Waals surface area (Å²) in [5.41, 5.74) is 0. The standard InChI is InChI=1S/C10H14O5.C3H3N/c1-4-8(11)15-10(13)7(3)6-9(12)14-5-2;1-2-3-4/h4,7H,1,5-6H2,2-3H3;2H,1H2. The number of nitriles is 1. The van der Waals surface area contributed by atoms with E-state index in [1.807, 2.05) is 0 Å². The zero-order chi connectivity index (χ0) is 15.3. The van der Waals surface area contributed by atoms with E-state index in [4.69, 9.17) is 5.26 Å². The smallest absolute Gasteiger partial charge is 0.337 e. The fourth-order valence-electron chi connectivity index (χ4n) is 0.795. The molecule has 1 atom stereocenters. The summed E-state index contributed by atoms with van der Waals surface area (Å²) in [6.07, 6.45) is 1.96. The van der Waals surface area contributed by atoms with Crippen LogP contribution in [0.2, 0.25) is 0 Å². The number of hydrogen-bond donors (Lipinski definition) is 0. The van der Waals surface area contributed by atoms with E-state index in [-0.39, 0.29) is 13.0 Å². The SMILES string of the molecule is C=CC#N.C=CC(=O)OC(=O)C(C)CC(=O)OCC. The fourth-order valence-corrected chi connectivity index (χ4v) is 0.795. The molecule has 1 unspecified atom stereocenters. The van der Waals surface area contributed by atoms with Gasteiger partial charge >= 0.3 is 17.9 Å². The third-order valence-corrected chi connectivity index (χ3v) is 1.64. The van der Waals surface area contributed by atoms with Crippen molar-refractivity contribution in [2.24, 2.45) is 5.92 Å². The molecule has 0 radical (unpaired) electrons. The average Bonchev–Trinajstić information content (AvgIpc) is 2.38. The van der Waals surface area contributed by atoms with Gasteiger partial charge in [-0.3, -0.25) is 9.59 Å². The van der Waals surface area contributed by atoms with E-state index >= 15 is 0 Å². The zero-order valence-corrected chi connectivity index (χ0v) is 11.0. The molecule has 0 aromatic rings. The molecule has 0 aliphatic carbocycles. The van der Waals surface area contributed by atoms with E-state index in [1.54, 1.807) is 13.0 Å². The first-order valence-electron chi connectivity index (χ1n) is 5.47. The van der Waals surface area contributed by atoms with E-state index < -0.39 is 23.8 Å². The molecule has 0 rings (SSSR count). The van der Waals surface area contributed by atoms with Gasteiger partial charge in [0.05, 0.1) is 25.0 Å². The lowest BCUT2D eigenvalue weighted by Gasteiger charge is -2.08. The lowest BCUT2D eigenvalue weighted by atomic mass is 10.1. The van der Waals surface area contributed by atoms with Gasteiger partial charge in [-0.05, 0) is 6.92 Å². The molecule has 0 saturated heterocycles. The molecular formula is C13H17NO5. The number of carbonyl (C=O) groups is 3. The van der Waals surface area contributed by atoms with Gasteiger partial charge in [0.15, 0.2) is 0 Å². The van der Waals surface area contributed by atoms with Gasteiger partial charge in [0, 0.05) is 12.2 Å². The second-order valence-electron chi connectivity index (χ2n) is 3.19. The number of carbonyl (C=O) groups excluding carboxylic acids is 3. The second-order valence-corrected chi connectivity index (χ2v) is 3.19. The van der Waals surface area contributed by atoms with E-state index in [9.17, 15) is 14.4 Å². The molecule has 0 bridgehead atoms. The van der Waals surface area contributed by atoms with Crippen molar-refractivity contribution in [3.63, 3.8) is 0 Å². The summed E-state index contributed by atoms with van der Waals surface area (Å²) in [5.74, 6) is -2.77. The van der Waals surface area contributed by atoms with Gasteiger partial charge in [0.25, 0.3) is 0 Å². The maximum atomic E-state index is 11.2. The third-order valence-electron chi connectivity index (χ3n) is 1.64. The highest BCUT2D eigenvalue weighted by atomic mass is 16.6. The largest absolute Gasteiger partial charge is 0.466 e. The van der Waals surface area contributed by atoms with Gasteiger partial charge in [-0.15, -0.1) is 0 Å². The molecule has 0 aliphatic rings.